The molecule has 0 bridgehead atoms. The fourth-order valence-corrected chi connectivity index (χ4v) is 0.123. The van der Waals surface area contributed by atoms with Gasteiger partial charge >= 0.3 is 0 Å². The van der Waals surface area contributed by atoms with Gasteiger partial charge in [-0.1, -0.05) is 5.92 Å². The second-order valence-corrected chi connectivity index (χ2v) is 0.775. The van der Waals surface area contributed by atoms with Gasteiger partial charge in [0.05, 0.1) is 7.11 Å². The maximum Gasteiger partial charge on any atom is 0.107 e. The third-order valence-corrected chi connectivity index (χ3v) is 0.351. The lowest BCUT2D eigenvalue weighted by Crippen LogP contribution is -1.75. The number of rotatable bonds is 1. The van der Waals surface area contributed by atoms with Crippen LogP contribution in [0.1, 0.15) is 6.92 Å². The minimum atomic E-state index is 0.441. The van der Waals surface area contributed by atoms with E-state index in [1.165, 1.54) is 0 Å². The Hall–Kier alpha value is -0.480. The SMILES string of the molecule is [CH2]OCC#CC. The van der Waals surface area contributed by atoms with Gasteiger partial charge in [0.1, 0.15) is 6.61 Å². The Labute approximate surface area is 38.3 Å². The molecule has 0 aliphatic carbocycles. The van der Waals surface area contributed by atoms with Crippen LogP contribution in [0.25, 0.3) is 0 Å². The molecule has 0 saturated heterocycles. The molecule has 0 aromatic carbocycles. The molecule has 0 saturated carbocycles. The van der Waals surface area contributed by atoms with Gasteiger partial charge in [-0.2, -0.15) is 0 Å². The quantitative estimate of drug-likeness (QED) is 0.426. The molecule has 0 spiro atoms. The summed E-state index contributed by atoms with van der Waals surface area (Å²) in [5, 5.41) is 0. The van der Waals surface area contributed by atoms with Crippen LogP contribution in [-0.4, -0.2) is 6.61 Å². The van der Waals surface area contributed by atoms with Crippen molar-refractivity contribution in [3.8, 4) is 11.8 Å². The molecule has 0 aliphatic rings. The molecule has 0 fully saturated rings. The third kappa shape index (κ3) is 3.52. The zero-order valence-corrected chi connectivity index (χ0v) is 3.82. The summed E-state index contributed by atoms with van der Waals surface area (Å²) in [6, 6.07) is 0. The van der Waals surface area contributed by atoms with Crippen LogP contribution >= 0.6 is 0 Å². The molecule has 0 N–H and O–H groups in total. The molecule has 0 atom stereocenters. The van der Waals surface area contributed by atoms with E-state index in [4.69, 9.17) is 0 Å². The van der Waals surface area contributed by atoms with E-state index in [2.05, 4.69) is 23.7 Å². The van der Waals surface area contributed by atoms with E-state index in [0.29, 0.717) is 6.61 Å². The fourth-order valence-electron chi connectivity index (χ4n) is 0.123. The molecule has 1 radical (unpaired) electrons. The van der Waals surface area contributed by atoms with Gasteiger partial charge in [-0.15, -0.1) is 5.92 Å². The molecule has 0 amide bonds. The molecule has 1 nitrogen and oxygen atoms in total. The van der Waals surface area contributed by atoms with Crippen LogP contribution in [0.2, 0.25) is 0 Å². The number of hydrogen-bond acceptors (Lipinski definition) is 1. The molecule has 0 aliphatic heterocycles. The van der Waals surface area contributed by atoms with Crippen LogP contribution in [0.3, 0.4) is 0 Å². The van der Waals surface area contributed by atoms with E-state index in [9.17, 15) is 0 Å². The standard InChI is InChI=1S/C5H7O/c1-3-4-5-6-2/h2,5H2,1H3. The lowest BCUT2D eigenvalue weighted by molar-refractivity contribution is 0.288. The summed E-state index contributed by atoms with van der Waals surface area (Å²) in [5.74, 6) is 5.32. The van der Waals surface area contributed by atoms with Crippen LogP contribution in [-0.2, 0) is 4.74 Å². The Bertz CT molecular complexity index is 65.7. The zero-order chi connectivity index (χ0) is 4.83. The minimum absolute atomic E-state index is 0.441. The zero-order valence-electron chi connectivity index (χ0n) is 3.82. The van der Waals surface area contributed by atoms with E-state index >= 15 is 0 Å². The van der Waals surface area contributed by atoms with Crippen LogP contribution < -0.4 is 0 Å². The van der Waals surface area contributed by atoms with Crippen LogP contribution in [0.5, 0.6) is 0 Å². The van der Waals surface area contributed by atoms with Crippen molar-refractivity contribution >= 4 is 0 Å². The summed E-state index contributed by atoms with van der Waals surface area (Å²) < 4.78 is 4.36. The fraction of sp³-hybridized carbons (Fsp3) is 0.400. The van der Waals surface area contributed by atoms with Gasteiger partial charge in [0.15, 0.2) is 0 Å². The summed E-state index contributed by atoms with van der Waals surface area (Å²) in [6.45, 7) is 2.20. The Morgan fingerprint density at radius 3 is 2.67 bits per heavy atom. The average molecular weight is 83.1 g/mol. The van der Waals surface area contributed by atoms with Crippen molar-refractivity contribution in [2.24, 2.45) is 0 Å². The smallest absolute Gasteiger partial charge is 0.107 e. The van der Waals surface area contributed by atoms with E-state index in [1.807, 2.05) is 0 Å². The maximum atomic E-state index is 4.36. The Morgan fingerprint density at radius 2 is 2.50 bits per heavy atom. The van der Waals surface area contributed by atoms with Gasteiger partial charge in [-0.25, -0.2) is 0 Å². The maximum absolute atomic E-state index is 4.36. The van der Waals surface area contributed by atoms with Crippen LogP contribution in [0.15, 0.2) is 0 Å². The lowest BCUT2D eigenvalue weighted by atomic mass is 10.6. The van der Waals surface area contributed by atoms with Gasteiger partial charge in [-0.05, 0) is 6.92 Å². The first-order valence-corrected chi connectivity index (χ1v) is 1.68. The molecule has 0 heterocycles. The van der Waals surface area contributed by atoms with Crippen molar-refractivity contribution in [3.63, 3.8) is 0 Å². The first-order valence-electron chi connectivity index (χ1n) is 1.68. The first-order chi connectivity index (χ1) is 2.91. The normalized spacial score (nSPS) is 6.33. The number of hydrogen-bond donors (Lipinski definition) is 0. The summed E-state index contributed by atoms with van der Waals surface area (Å²) in [7, 11) is 3.12. The average Bonchev–Trinajstić information content (AvgIpc) is 1.61. The van der Waals surface area contributed by atoms with Gasteiger partial charge < -0.3 is 4.74 Å². The van der Waals surface area contributed by atoms with Gasteiger partial charge in [-0.3, -0.25) is 0 Å². The Balaban J connectivity index is 2.79. The van der Waals surface area contributed by atoms with Crippen LogP contribution in [0, 0.1) is 19.0 Å². The van der Waals surface area contributed by atoms with Crippen molar-refractivity contribution in [1.29, 1.82) is 0 Å². The highest BCUT2D eigenvalue weighted by molar-refractivity contribution is 4.94. The van der Waals surface area contributed by atoms with Crippen molar-refractivity contribution in [3.05, 3.63) is 7.11 Å². The second-order valence-electron chi connectivity index (χ2n) is 0.775. The van der Waals surface area contributed by atoms with Crippen molar-refractivity contribution in [2.75, 3.05) is 6.61 Å². The van der Waals surface area contributed by atoms with E-state index in [1.54, 1.807) is 6.92 Å². The Kier molecular flexibility index (Phi) is 4.16. The topological polar surface area (TPSA) is 9.23 Å². The molecule has 33 valence electrons. The summed E-state index contributed by atoms with van der Waals surface area (Å²) in [5.41, 5.74) is 0. The minimum Gasteiger partial charge on any atom is -0.366 e. The highest BCUT2D eigenvalue weighted by Crippen LogP contribution is 1.60. The molecular weight excluding hydrogens is 76.1 g/mol. The number of ether oxygens (including phenoxy) is 1. The molecule has 0 aromatic heterocycles. The van der Waals surface area contributed by atoms with E-state index < -0.39 is 0 Å². The summed E-state index contributed by atoms with van der Waals surface area (Å²) >= 11 is 0. The molecule has 0 rings (SSSR count). The monoisotopic (exact) mass is 83.0 g/mol. The summed E-state index contributed by atoms with van der Waals surface area (Å²) in [4.78, 5) is 0. The van der Waals surface area contributed by atoms with Gasteiger partial charge in [0.25, 0.3) is 0 Å². The second kappa shape index (κ2) is 4.52. The largest absolute Gasteiger partial charge is 0.366 e. The molecule has 6 heavy (non-hydrogen) atoms. The lowest BCUT2D eigenvalue weighted by Gasteiger charge is -1.77. The van der Waals surface area contributed by atoms with E-state index in [-0.39, 0.29) is 0 Å². The predicted molar refractivity (Wildman–Crippen MR) is 24.8 cm³/mol. The van der Waals surface area contributed by atoms with Gasteiger partial charge in [0, 0.05) is 0 Å². The Morgan fingerprint density at radius 1 is 1.83 bits per heavy atom. The van der Waals surface area contributed by atoms with E-state index in [0.717, 1.165) is 0 Å². The van der Waals surface area contributed by atoms with Crippen molar-refractivity contribution < 1.29 is 4.74 Å². The summed E-state index contributed by atoms with van der Waals surface area (Å²) in [6.07, 6.45) is 0. The highest BCUT2D eigenvalue weighted by Gasteiger charge is 1.60. The predicted octanol–water partition coefficient (Wildman–Crippen LogP) is 0.818. The van der Waals surface area contributed by atoms with Gasteiger partial charge in [0.2, 0.25) is 0 Å². The van der Waals surface area contributed by atoms with Crippen molar-refractivity contribution in [1.82, 2.24) is 0 Å². The highest BCUT2D eigenvalue weighted by atomic mass is 16.5. The molecular formula is C5H7O. The molecule has 1 heteroatoms. The van der Waals surface area contributed by atoms with Crippen molar-refractivity contribution in [2.45, 2.75) is 6.92 Å². The molecule has 0 unspecified atom stereocenters. The van der Waals surface area contributed by atoms with Crippen LogP contribution in [0.4, 0.5) is 0 Å². The third-order valence-electron chi connectivity index (χ3n) is 0.351. The first kappa shape index (κ1) is 5.52. The molecule has 0 aromatic rings.